The van der Waals surface area contributed by atoms with Crippen LogP contribution >= 0.6 is 0 Å². The van der Waals surface area contributed by atoms with Crippen LogP contribution in [0.2, 0.25) is 0 Å². The van der Waals surface area contributed by atoms with Crippen molar-refractivity contribution in [3.63, 3.8) is 0 Å². The predicted octanol–water partition coefficient (Wildman–Crippen LogP) is 2.80. The minimum absolute atomic E-state index is 0.0130. The van der Waals surface area contributed by atoms with Crippen LogP contribution in [0.3, 0.4) is 0 Å². The van der Waals surface area contributed by atoms with Crippen LogP contribution in [0.4, 0.5) is 0 Å². The first kappa shape index (κ1) is 16.4. The average Bonchev–Trinajstić information content (AvgIpc) is 2.80. The number of hydrogen-bond donors (Lipinski definition) is 0. The van der Waals surface area contributed by atoms with E-state index in [2.05, 4.69) is 12.0 Å². The lowest BCUT2D eigenvalue weighted by atomic mass is 10.0. The van der Waals surface area contributed by atoms with Gasteiger partial charge in [-0.05, 0) is 44.2 Å². The molecule has 1 saturated heterocycles. The first-order valence-electron chi connectivity index (χ1n) is 8.52. The third-order valence-corrected chi connectivity index (χ3v) is 4.61. The molecule has 0 spiro atoms. The van der Waals surface area contributed by atoms with Gasteiger partial charge in [-0.3, -0.25) is 9.59 Å². The van der Waals surface area contributed by atoms with Gasteiger partial charge >= 0.3 is 0 Å². The monoisotopic (exact) mass is 325 g/mol. The third kappa shape index (κ3) is 3.40. The van der Waals surface area contributed by atoms with Crippen molar-refractivity contribution in [2.45, 2.75) is 33.1 Å². The molecule has 1 atom stereocenters. The Morgan fingerprint density at radius 2 is 1.92 bits per heavy atom. The first-order valence-corrected chi connectivity index (χ1v) is 8.52. The fourth-order valence-corrected chi connectivity index (χ4v) is 3.14. The van der Waals surface area contributed by atoms with Crippen LogP contribution in [-0.2, 0) is 0 Å². The van der Waals surface area contributed by atoms with Gasteiger partial charge in [-0.15, -0.1) is 0 Å². The number of likely N-dealkylation sites (tertiary alicyclic amines) is 1. The number of carbonyl (C=O) groups excluding carboxylic acids is 1. The molecule has 0 N–H and O–H groups in total. The highest BCUT2D eigenvalue weighted by Gasteiger charge is 2.23. The Morgan fingerprint density at radius 1 is 1.17 bits per heavy atom. The van der Waals surface area contributed by atoms with Gasteiger partial charge in [0.1, 0.15) is 0 Å². The van der Waals surface area contributed by atoms with Crippen molar-refractivity contribution in [2.75, 3.05) is 13.1 Å². The third-order valence-electron chi connectivity index (χ3n) is 4.61. The Bertz CT molecular complexity index is 783. The molecule has 0 radical (unpaired) electrons. The van der Waals surface area contributed by atoms with Crippen molar-refractivity contribution >= 4 is 5.91 Å². The van der Waals surface area contributed by atoms with E-state index in [-0.39, 0.29) is 17.0 Å². The zero-order valence-corrected chi connectivity index (χ0v) is 14.2. The summed E-state index contributed by atoms with van der Waals surface area (Å²) in [6.45, 7) is 5.42. The van der Waals surface area contributed by atoms with Gasteiger partial charge in [0, 0.05) is 24.8 Å². The van der Waals surface area contributed by atoms with Crippen molar-refractivity contribution in [1.82, 2.24) is 14.7 Å². The molecule has 0 saturated carbocycles. The zero-order valence-electron chi connectivity index (χ0n) is 14.2. The molecular formula is C19H23N3O2. The van der Waals surface area contributed by atoms with Gasteiger partial charge in [0.2, 0.25) is 5.43 Å². The summed E-state index contributed by atoms with van der Waals surface area (Å²) in [5.41, 5.74) is 1.27. The van der Waals surface area contributed by atoms with E-state index in [1.165, 1.54) is 6.07 Å². The molecule has 126 valence electrons. The Hall–Kier alpha value is -2.43. The quantitative estimate of drug-likeness (QED) is 0.853. The highest BCUT2D eigenvalue weighted by atomic mass is 16.2. The summed E-state index contributed by atoms with van der Waals surface area (Å²) in [5.74, 6) is 0.369. The maximum absolute atomic E-state index is 12.8. The lowest BCUT2D eigenvalue weighted by Crippen LogP contribution is -2.37. The van der Waals surface area contributed by atoms with E-state index < -0.39 is 0 Å². The highest BCUT2D eigenvalue weighted by Crippen LogP contribution is 2.17. The molecule has 1 amide bonds. The van der Waals surface area contributed by atoms with Gasteiger partial charge in [0.15, 0.2) is 5.69 Å². The van der Waals surface area contributed by atoms with Gasteiger partial charge < -0.3 is 4.90 Å². The molecule has 0 aliphatic carbocycles. The predicted molar refractivity (Wildman–Crippen MR) is 93.5 cm³/mol. The van der Waals surface area contributed by atoms with Crippen LogP contribution in [0.5, 0.6) is 0 Å². The Balaban J connectivity index is 1.96. The number of para-hydroxylation sites is 1. The second-order valence-corrected chi connectivity index (χ2v) is 6.57. The maximum atomic E-state index is 12.8. The molecule has 0 bridgehead atoms. The molecule has 5 nitrogen and oxygen atoms in total. The topological polar surface area (TPSA) is 55.2 Å². The molecule has 1 unspecified atom stereocenters. The van der Waals surface area contributed by atoms with Crippen LogP contribution in [0, 0.1) is 12.8 Å². The number of aryl methyl sites for hydroxylation is 1. The number of rotatable bonds is 2. The molecule has 1 fully saturated rings. The largest absolute Gasteiger partial charge is 0.337 e. The van der Waals surface area contributed by atoms with Crippen molar-refractivity contribution in [3.05, 3.63) is 58.0 Å². The minimum Gasteiger partial charge on any atom is -0.337 e. The van der Waals surface area contributed by atoms with Gasteiger partial charge in [0.25, 0.3) is 5.91 Å². The molecule has 1 aromatic carbocycles. The second kappa shape index (κ2) is 6.99. The SMILES string of the molecule is Cc1cc(=O)c(C(=O)N2CCCC(C)CC2)nn1-c1ccccc1. The molecule has 3 rings (SSSR count). The molecule has 2 heterocycles. The van der Waals surface area contributed by atoms with E-state index in [1.54, 1.807) is 9.58 Å². The van der Waals surface area contributed by atoms with Crippen LogP contribution < -0.4 is 5.43 Å². The fourth-order valence-electron chi connectivity index (χ4n) is 3.14. The Kier molecular flexibility index (Phi) is 4.79. The number of hydrogen-bond acceptors (Lipinski definition) is 3. The van der Waals surface area contributed by atoms with Crippen molar-refractivity contribution in [1.29, 1.82) is 0 Å². The first-order chi connectivity index (χ1) is 11.6. The molecular weight excluding hydrogens is 302 g/mol. The number of amides is 1. The summed E-state index contributed by atoms with van der Waals surface area (Å²) in [7, 11) is 0. The molecule has 1 aromatic heterocycles. The molecule has 2 aromatic rings. The number of nitrogens with zero attached hydrogens (tertiary/aromatic N) is 3. The highest BCUT2D eigenvalue weighted by molar-refractivity contribution is 5.92. The molecule has 1 aliphatic rings. The summed E-state index contributed by atoms with van der Waals surface area (Å²) in [6.07, 6.45) is 3.08. The van der Waals surface area contributed by atoms with E-state index in [0.29, 0.717) is 24.7 Å². The van der Waals surface area contributed by atoms with Crippen molar-refractivity contribution in [2.24, 2.45) is 5.92 Å². The lowest BCUT2D eigenvalue weighted by Gasteiger charge is -2.20. The average molecular weight is 325 g/mol. The van der Waals surface area contributed by atoms with E-state index in [1.807, 2.05) is 37.3 Å². The van der Waals surface area contributed by atoms with Crippen LogP contribution in [0.15, 0.2) is 41.2 Å². The summed E-state index contributed by atoms with van der Waals surface area (Å²) in [4.78, 5) is 26.9. The zero-order chi connectivity index (χ0) is 17.1. The standard InChI is InChI=1S/C19H23N3O2/c1-14-7-6-11-21(12-10-14)19(24)18-17(23)13-15(2)22(20-18)16-8-4-3-5-9-16/h3-5,8-9,13-14H,6-7,10-12H2,1-2H3. The summed E-state index contributed by atoms with van der Waals surface area (Å²) in [5, 5.41) is 4.38. The molecule has 24 heavy (non-hydrogen) atoms. The van der Waals surface area contributed by atoms with Crippen molar-refractivity contribution in [3.8, 4) is 5.69 Å². The number of benzene rings is 1. The van der Waals surface area contributed by atoms with Crippen LogP contribution in [-0.4, -0.2) is 33.7 Å². The van der Waals surface area contributed by atoms with E-state index >= 15 is 0 Å². The Morgan fingerprint density at radius 3 is 2.67 bits per heavy atom. The van der Waals surface area contributed by atoms with E-state index in [0.717, 1.165) is 24.9 Å². The molecule has 5 heteroatoms. The Labute approximate surface area is 141 Å². The van der Waals surface area contributed by atoms with Gasteiger partial charge in [-0.25, -0.2) is 4.68 Å². The summed E-state index contributed by atoms with van der Waals surface area (Å²) < 4.78 is 1.66. The van der Waals surface area contributed by atoms with E-state index in [9.17, 15) is 9.59 Å². The van der Waals surface area contributed by atoms with E-state index in [4.69, 9.17) is 0 Å². The lowest BCUT2D eigenvalue weighted by molar-refractivity contribution is 0.0751. The maximum Gasteiger partial charge on any atom is 0.278 e. The van der Waals surface area contributed by atoms with Crippen molar-refractivity contribution < 1.29 is 4.79 Å². The fraction of sp³-hybridized carbons (Fsp3) is 0.421. The summed E-state index contributed by atoms with van der Waals surface area (Å²) >= 11 is 0. The van der Waals surface area contributed by atoms with Gasteiger partial charge in [-0.1, -0.05) is 25.1 Å². The van der Waals surface area contributed by atoms with Crippen LogP contribution in [0.25, 0.3) is 5.69 Å². The summed E-state index contributed by atoms with van der Waals surface area (Å²) in [6, 6.07) is 11.1. The van der Waals surface area contributed by atoms with Gasteiger partial charge in [0.05, 0.1) is 5.69 Å². The van der Waals surface area contributed by atoms with Gasteiger partial charge in [-0.2, -0.15) is 5.10 Å². The minimum atomic E-state index is -0.304. The number of aromatic nitrogens is 2. The number of carbonyl (C=O) groups is 1. The second-order valence-electron chi connectivity index (χ2n) is 6.57. The smallest absolute Gasteiger partial charge is 0.278 e. The molecule has 1 aliphatic heterocycles. The normalized spacial score (nSPS) is 18.2. The van der Waals surface area contributed by atoms with Crippen LogP contribution in [0.1, 0.15) is 42.4 Å².